The number of sulfonamides is 1. The Morgan fingerprint density at radius 3 is 2.56 bits per heavy atom. The first-order valence-corrected chi connectivity index (χ1v) is 7.30. The second kappa shape index (κ2) is 4.70. The topological polar surface area (TPSA) is 63.4 Å². The van der Waals surface area contributed by atoms with E-state index in [4.69, 9.17) is 4.42 Å². The van der Waals surface area contributed by atoms with Gasteiger partial charge in [0.25, 0.3) is 0 Å². The van der Waals surface area contributed by atoms with E-state index < -0.39 is 10.0 Å². The van der Waals surface area contributed by atoms with Gasteiger partial charge in [0.05, 0.1) is 4.90 Å². The highest BCUT2D eigenvalue weighted by atomic mass is 32.2. The zero-order valence-electron chi connectivity index (χ0n) is 10.7. The summed E-state index contributed by atoms with van der Waals surface area (Å²) in [4.78, 5) is 4.39. The lowest BCUT2D eigenvalue weighted by Crippen LogP contribution is -2.30. The van der Waals surface area contributed by atoms with E-state index in [0.717, 1.165) is 0 Å². The van der Waals surface area contributed by atoms with Crippen molar-refractivity contribution in [3.8, 4) is 0 Å². The number of aromatic nitrogens is 1. The van der Waals surface area contributed by atoms with Crippen LogP contribution in [0.4, 0.5) is 0 Å². The first-order chi connectivity index (χ1) is 8.48. The summed E-state index contributed by atoms with van der Waals surface area (Å²) in [5, 5.41) is 0. The molecular weight excluding hydrogens is 252 g/mol. The van der Waals surface area contributed by atoms with Crippen molar-refractivity contribution in [2.24, 2.45) is 0 Å². The summed E-state index contributed by atoms with van der Waals surface area (Å²) in [6.07, 6.45) is 0. The monoisotopic (exact) mass is 268 g/mol. The third-order valence-corrected chi connectivity index (χ3v) is 4.86. The van der Waals surface area contributed by atoms with Crippen molar-refractivity contribution in [2.45, 2.75) is 25.7 Å². The zero-order chi connectivity index (χ0) is 13.3. The van der Waals surface area contributed by atoms with Crippen LogP contribution in [0.3, 0.4) is 0 Å². The van der Waals surface area contributed by atoms with Gasteiger partial charge in [0.2, 0.25) is 10.0 Å². The molecule has 0 saturated heterocycles. The number of rotatable bonds is 4. The molecule has 2 rings (SSSR count). The molecule has 0 saturated carbocycles. The number of benzene rings is 1. The van der Waals surface area contributed by atoms with Gasteiger partial charge < -0.3 is 4.42 Å². The van der Waals surface area contributed by atoms with Crippen LogP contribution in [0.15, 0.2) is 27.5 Å². The van der Waals surface area contributed by atoms with Crippen LogP contribution in [0.5, 0.6) is 0 Å². The lowest BCUT2D eigenvalue weighted by atomic mass is 10.3. The van der Waals surface area contributed by atoms with Crippen LogP contribution in [0.25, 0.3) is 11.1 Å². The number of aryl methyl sites for hydroxylation is 1. The van der Waals surface area contributed by atoms with Crippen molar-refractivity contribution in [1.29, 1.82) is 0 Å². The van der Waals surface area contributed by atoms with Gasteiger partial charge >= 0.3 is 0 Å². The average Bonchev–Trinajstić information content (AvgIpc) is 2.69. The first kappa shape index (κ1) is 13.0. The highest BCUT2D eigenvalue weighted by Gasteiger charge is 2.22. The van der Waals surface area contributed by atoms with Crippen LogP contribution in [-0.2, 0) is 10.0 Å². The van der Waals surface area contributed by atoms with E-state index in [1.165, 1.54) is 10.4 Å². The van der Waals surface area contributed by atoms with E-state index in [1.54, 1.807) is 19.1 Å². The number of fused-ring (bicyclic) bond motifs is 1. The molecule has 0 aliphatic carbocycles. The summed E-state index contributed by atoms with van der Waals surface area (Å²) < 4.78 is 31.4. The van der Waals surface area contributed by atoms with Crippen molar-refractivity contribution < 1.29 is 12.8 Å². The fourth-order valence-corrected chi connectivity index (χ4v) is 3.37. The van der Waals surface area contributed by atoms with E-state index in [9.17, 15) is 8.42 Å². The maximum Gasteiger partial charge on any atom is 0.243 e. The van der Waals surface area contributed by atoms with Crippen LogP contribution >= 0.6 is 0 Å². The van der Waals surface area contributed by atoms with Crippen LogP contribution < -0.4 is 0 Å². The molecule has 0 N–H and O–H groups in total. The molecule has 2 aromatic rings. The van der Waals surface area contributed by atoms with Gasteiger partial charge in [-0.25, -0.2) is 13.4 Å². The Morgan fingerprint density at radius 2 is 1.94 bits per heavy atom. The molecule has 0 atom stereocenters. The lowest BCUT2D eigenvalue weighted by molar-refractivity contribution is 0.445. The molecule has 0 amide bonds. The van der Waals surface area contributed by atoms with Crippen molar-refractivity contribution >= 4 is 21.1 Å². The lowest BCUT2D eigenvalue weighted by Gasteiger charge is -2.18. The second-order valence-electron chi connectivity index (χ2n) is 3.95. The van der Waals surface area contributed by atoms with E-state index in [-0.39, 0.29) is 4.90 Å². The number of hydrogen-bond acceptors (Lipinski definition) is 4. The predicted molar refractivity (Wildman–Crippen MR) is 68.9 cm³/mol. The largest absolute Gasteiger partial charge is 0.441 e. The van der Waals surface area contributed by atoms with E-state index in [0.29, 0.717) is 30.1 Å². The normalized spacial score (nSPS) is 12.4. The van der Waals surface area contributed by atoms with Gasteiger partial charge in [-0.3, -0.25) is 0 Å². The molecule has 18 heavy (non-hydrogen) atoms. The Kier molecular flexibility index (Phi) is 3.41. The minimum atomic E-state index is -3.44. The molecule has 98 valence electrons. The van der Waals surface area contributed by atoms with Crippen LogP contribution in [0, 0.1) is 6.92 Å². The molecule has 1 aromatic heterocycles. The minimum absolute atomic E-state index is 0.245. The number of oxazole rings is 1. The summed E-state index contributed by atoms with van der Waals surface area (Å²) in [7, 11) is -3.44. The van der Waals surface area contributed by atoms with Gasteiger partial charge in [-0.1, -0.05) is 13.8 Å². The highest BCUT2D eigenvalue weighted by Crippen LogP contribution is 2.22. The summed E-state index contributed by atoms with van der Waals surface area (Å²) in [5.41, 5.74) is 1.17. The smallest absolute Gasteiger partial charge is 0.243 e. The molecule has 5 nitrogen and oxygen atoms in total. The molecular formula is C12H16N2O3S. The number of nitrogens with zero attached hydrogens (tertiary/aromatic N) is 2. The van der Waals surface area contributed by atoms with Crippen molar-refractivity contribution in [1.82, 2.24) is 9.29 Å². The summed E-state index contributed by atoms with van der Waals surface area (Å²) in [6.45, 7) is 6.27. The molecule has 0 radical (unpaired) electrons. The van der Waals surface area contributed by atoms with Gasteiger partial charge in [-0.2, -0.15) is 4.31 Å². The maximum atomic E-state index is 12.3. The van der Waals surface area contributed by atoms with Crippen LogP contribution in [0.2, 0.25) is 0 Å². The molecule has 0 aliphatic rings. The predicted octanol–water partition coefficient (Wildman–Crippen LogP) is 2.17. The SMILES string of the molecule is CCN(CC)S(=O)(=O)c1ccc2nc(C)oc2c1. The van der Waals surface area contributed by atoms with Crippen molar-refractivity contribution in [3.63, 3.8) is 0 Å². The van der Waals surface area contributed by atoms with Gasteiger partial charge in [-0.05, 0) is 12.1 Å². The minimum Gasteiger partial charge on any atom is -0.441 e. The average molecular weight is 268 g/mol. The zero-order valence-corrected chi connectivity index (χ0v) is 11.5. The molecule has 1 heterocycles. The number of hydrogen-bond donors (Lipinski definition) is 0. The fourth-order valence-electron chi connectivity index (χ4n) is 1.89. The van der Waals surface area contributed by atoms with Crippen LogP contribution in [-0.4, -0.2) is 30.8 Å². The van der Waals surface area contributed by atoms with E-state index >= 15 is 0 Å². The van der Waals surface area contributed by atoms with E-state index in [1.807, 2.05) is 13.8 Å². The van der Waals surface area contributed by atoms with Crippen molar-refractivity contribution in [2.75, 3.05) is 13.1 Å². The maximum absolute atomic E-state index is 12.3. The molecule has 0 bridgehead atoms. The molecule has 0 aliphatic heterocycles. The molecule has 0 spiro atoms. The Morgan fingerprint density at radius 1 is 1.28 bits per heavy atom. The third-order valence-electron chi connectivity index (χ3n) is 2.81. The van der Waals surface area contributed by atoms with Gasteiger partial charge in [0, 0.05) is 26.1 Å². The Bertz CT molecular complexity index is 657. The summed E-state index contributed by atoms with van der Waals surface area (Å²) >= 11 is 0. The standard InChI is InChI=1S/C12H16N2O3S/c1-4-14(5-2)18(15,16)10-6-7-11-12(8-10)17-9(3)13-11/h6-8H,4-5H2,1-3H3. The molecule has 6 heteroatoms. The molecule has 1 aromatic carbocycles. The Labute approximate surface area is 106 Å². The highest BCUT2D eigenvalue weighted by molar-refractivity contribution is 7.89. The first-order valence-electron chi connectivity index (χ1n) is 5.86. The van der Waals surface area contributed by atoms with Gasteiger partial charge in [-0.15, -0.1) is 0 Å². The summed E-state index contributed by atoms with van der Waals surface area (Å²) in [6, 6.07) is 4.77. The Hall–Kier alpha value is -1.40. The second-order valence-corrected chi connectivity index (χ2v) is 5.89. The fraction of sp³-hybridized carbons (Fsp3) is 0.417. The van der Waals surface area contributed by atoms with Gasteiger partial charge in [0.15, 0.2) is 11.5 Å². The van der Waals surface area contributed by atoms with Crippen LogP contribution in [0.1, 0.15) is 19.7 Å². The summed E-state index contributed by atoms with van der Waals surface area (Å²) in [5.74, 6) is 0.530. The van der Waals surface area contributed by atoms with Gasteiger partial charge in [0.1, 0.15) is 5.52 Å². The quantitative estimate of drug-likeness (QED) is 0.852. The van der Waals surface area contributed by atoms with Crippen molar-refractivity contribution in [3.05, 3.63) is 24.1 Å². The molecule has 0 unspecified atom stereocenters. The Balaban J connectivity index is 2.53. The van der Waals surface area contributed by atoms with E-state index in [2.05, 4.69) is 4.98 Å². The molecule has 0 fully saturated rings. The third kappa shape index (κ3) is 2.13.